The van der Waals surface area contributed by atoms with E-state index >= 15 is 0 Å². The van der Waals surface area contributed by atoms with Crippen molar-refractivity contribution in [3.63, 3.8) is 0 Å². The van der Waals surface area contributed by atoms with Gasteiger partial charge in [-0.1, -0.05) is 0 Å². The lowest BCUT2D eigenvalue weighted by Crippen LogP contribution is -1.89. The lowest BCUT2D eigenvalue weighted by molar-refractivity contribution is 0.572. The fourth-order valence-corrected chi connectivity index (χ4v) is 2.01. The molecule has 1 aromatic carbocycles. The van der Waals surface area contributed by atoms with Crippen molar-refractivity contribution in [2.45, 2.75) is 18.8 Å². The molecule has 1 fully saturated rings. The molecule has 17 heavy (non-hydrogen) atoms. The molecule has 1 saturated carbocycles. The fraction of sp³-hybridized carbons (Fsp3) is 0.250. The quantitative estimate of drug-likeness (QED) is 0.834. The first-order valence-corrected chi connectivity index (χ1v) is 6.14. The van der Waals surface area contributed by atoms with Gasteiger partial charge in [-0.3, -0.25) is 0 Å². The van der Waals surface area contributed by atoms with Crippen LogP contribution in [0.3, 0.4) is 0 Å². The molecule has 5 heteroatoms. The summed E-state index contributed by atoms with van der Waals surface area (Å²) in [6.07, 6.45) is 4.06. The Hall–Kier alpha value is -1.23. The number of halogens is 3. The van der Waals surface area contributed by atoms with Crippen LogP contribution in [-0.4, -0.2) is 9.97 Å². The molecule has 3 rings (SSSR count). The maximum absolute atomic E-state index is 13.4. The molecule has 0 atom stereocenters. The first kappa shape index (κ1) is 10.9. The zero-order valence-corrected chi connectivity index (χ0v) is 10.4. The van der Waals surface area contributed by atoms with Crippen molar-refractivity contribution in [3.05, 3.63) is 40.1 Å². The number of nitrogens with zero attached hydrogens (tertiary/aromatic N) is 1. The van der Waals surface area contributed by atoms with Crippen LogP contribution in [0.15, 0.2) is 22.8 Å². The minimum absolute atomic E-state index is 0.143. The Kier molecular flexibility index (Phi) is 2.50. The molecule has 0 saturated heterocycles. The second-order valence-corrected chi connectivity index (χ2v) is 5.01. The van der Waals surface area contributed by atoms with E-state index in [-0.39, 0.29) is 4.47 Å². The molecule has 2 aromatic rings. The van der Waals surface area contributed by atoms with Gasteiger partial charge < -0.3 is 4.98 Å². The third kappa shape index (κ3) is 1.99. The molecule has 2 nitrogen and oxygen atoms in total. The maximum atomic E-state index is 13.4. The van der Waals surface area contributed by atoms with Gasteiger partial charge in [0.1, 0.15) is 17.5 Å². The molecule has 1 aliphatic rings. The zero-order valence-electron chi connectivity index (χ0n) is 8.80. The van der Waals surface area contributed by atoms with E-state index in [1.54, 1.807) is 6.20 Å². The Balaban J connectivity index is 2.01. The minimum atomic E-state index is -0.621. The highest BCUT2D eigenvalue weighted by Crippen LogP contribution is 2.39. The monoisotopic (exact) mass is 298 g/mol. The van der Waals surface area contributed by atoms with Gasteiger partial charge in [-0.05, 0) is 40.9 Å². The molecular weight excluding hydrogens is 290 g/mol. The predicted octanol–water partition coefficient (Wildman–Crippen LogP) is 3.99. The highest BCUT2D eigenvalue weighted by atomic mass is 79.9. The van der Waals surface area contributed by atoms with E-state index in [9.17, 15) is 8.78 Å². The first-order valence-electron chi connectivity index (χ1n) is 5.35. The number of nitrogens with one attached hydrogen (secondary N) is 1. The minimum Gasteiger partial charge on any atom is -0.342 e. The van der Waals surface area contributed by atoms with E-state index < -0.39 is 11.6 Å². The second kappa shape index (κ2) is 3.91. The second-order valence-electron chi connectivity index (χ2n) is 4.22. The van der Waals surface area contributed by atoms with Crippen molar-refractivity contribution in [3.8, 4) is 11.4 Å². The fourth-order valence-electron chi connectivity index (χ4n) is 1.78. The highest BCUT2D eigenvalue weighted by molar-refractivity contribution is 9.10. The first-order chi connectivity index (χ1) is 8.15. The molecule has 0 unspecified atom stereocenters. The topological polar surface area (TPSA) is 28.7 Å². The summed E-state index contributed by atoms with van der Waals surface area (Å²) in [7, 11) is 0. The molecule has 1 N–H and O–H groups in total. The smallest absolute Gasteiger partial charge is 0.141 e. The van der Waals surface area contributed by atoms with Gasteiger partial charge in [-0.25, -0.2) is 13.8 Å². The standard InChI is InChI=1S/C12H9BrF2N2/c13-11-8(14)3-7(4-9(11)15)12-16-5-10(17-12)6-1-2-6/h3-6H,1-2H2,(H,16,17). The van der Waals surface area contributed by atoms with Crippen molar-refractivity contribution < 1.29 is 8.78 Å². The molecule has 88 valence electrons. The van der Waals surface area contributed by atoms with Gasteiger partial charge in [-0.2, -0.15) is 0 Å². The molecule has 1 aromatic heterocycles. The summed E-state index contributed by atoms with van der Waals surface area (Å²) in [5.41, 5.74) is 1.47. The zero-order chi connectivity index (χ0) is 12.0. The van der Waals surface area contributed by atoms with Gasteiger partial charge in [0.2, 0.25) is 0 Å². The van der Waals surface area contributed by atoms with E-state index in [4.69, 9.17) is 0 Å². The predicted molar refractivity (Wildman–Crippen MR) is 63.6 cm³/mol. The van der Waals surface area contributed by atoms with Crippen LogP contribution in [0, 0.1) is 11.6 Å². The summed E-state index contributed by atoms with van der Waals surface area (Å²) in [4.78, 5) is 7.26. The average molecular weight is 299 g/mol. The molecule has 1 heterocycles. The van der Waals surface area contributed by atoms with Crippen molar-refractivity contribution in [1.82, 2.24) is 9.97 Å². The summed E-state index contributed by atoms with van der Waals surface area (Å²) in [6, 6.07) is 2.53. The van der Waals surface area contributed by atoms with E-state index in [0.717, 1.165) is 18.5 Å². The Morgan fingerprint density at radius 2 is 1.88 bits per heavy atom. The van der Waals surface area contributed by atoms with E-state index in [1.807, 2.05) is 0 Å². The van der Waals surface area contributed by atoms with Gasteiger partial charge in [0.15, 0.2) is 0 Å². The largest absolute Gasteiger partial charge is 0.342 e. The number of benzene rings is 1. The van der Waals surface area contributed by atoms with Crippen molar-refractivity contribution in [2.24, 2.45) is 0 Å². The normalized spacial score (nSPS) is 15.2. The summed E-state index contributed by atoms with van der Waals surface area (Å²) < 4.78 is 26.6. The Morgan fingerprint density at radius 1 is 1.24 bits per heavy atom. The summed E-state index contributed by atoms with van der Waals surface area (Å²) in [5, 5.41) is 0. The Morgan fingerprint density at radius 3 is 2.47 bits per heavy atom. The van der Waals surface area contributed by atoms with Crippen molar-refractivity contribution in [1.29, 1.82) is 0 Å². The number of H-pyrrole nitrogens is 1. The average Bonchev–Trinajstić information content (AvgIpc) is 3.04. The SMILES string of the molecule is Fc1cc(-c2ncc(C3CC3)[nH]2)cc(F)c1Br. The van der Waals surface area contributed by atoms with Gasteiger partial charge in [0.25, 0.3) is 0 Å². The molecule has 0 aliphatic heterocycles. The van der Waals surface area contributed by atoms with E-state index in [2.05, 4.69) is 25.9 Å². The Labute approximate surface area is 105 Å². The third-order valence-electron chi connectivity index (χ3n) is 2.87. The molecular formula is C12H9BrF2N2. The highest BCUT2D eigenvalue weighted by Gasteiger charge is 2.25. The van der Waals surface area contributed by atoms with Gasteiger partial charge in [-0.15, -0.1) is 0 Å². The van der Waals surface area contributed by atoms with Crippen molar-refractivity contribution in [2.75, 3.05) is 0 Å². The van der Waals surface area contributed by atoms with Crippen LogP contribution in [-0.2, 0) is 0 Å². The number of hydrogen-bond donors (Lipinski definition) is 1. The van der Waals surface area contributed by atoms with Crippen LogP contribution in [0.25, 0.3) is 11.4 Å². The van der Waals surface area contributed by atoms with Crippen LogP contribution < -0.4 is 0 Å². The number of imidazole rings is 1. The van der Waals surface area contributed by atoms with Gasteiger partial charge in [0.05, 0.1) is 4.47 Å². The van der Waals surface area contributed by atoms with Gasteiger partial charge in [0, 0.05) is 23.4 Å². The lowest BCUT2D eigenvalue weighted by Gasteiger charge is -2.01. The molecule has 0 bridgehead atoms. The number of aromatic amines is 1. The van der Waals surface area contributed by atoms with Crippen LogP contribution in [0.4, 0.5) is 8.78 Å². The molecule has 0 spiro atoms. The third-order valence-corrected chi connectivity index (χ3v) is 3.63. The van der Waals surface area contributed by atoms with Crippen LogP contribution in [0.5, 0.6) is 0 Å². The van der Waals surface area contributed by atoms with E-state index in [1.165, 1.54) is 12.1 Å². The molecule has 0 radical (unpaired) electrons. The number of aromatic nitrogens is 2. The summed E-state index contributed by atoms with van der Waals surface area (Å²) in [6.45, 7) is 0. The van der Waals surface area contributed by atoms with E-state index in [0.29, 0.717) is 17.3 Å². The summed E-state index contributed by atoms with van der Waals surface area (Å²) >= 11 is 2.84. The molecule has 1 aliphatic carbocycles. The number of hydrogen-bond acceptors (Lipinski definition) is 1. The van der Waals surface area contributed by atoms with Crippen LogP contribution in [0.2, 0.25) is 0 Å². The molecule has 0 amide bonds. The Bertz CT molecular complexity index is 553. The van der Waals surface area contributed by atoms with Crippen LogP contribution >= 0.6 is 15.9 Å². The maximum Gasteiger partial charge on any atom is 0.141 e. The van der Waals surface area contributed by atoms with Gasteiger partial charge >= 0.3 is 0 Å². The van der Waals surface area contributed by atoms with Crippen molar-refractivity contribution >= 4 is 15.9 Å². The number of rotatable bonds is 2. The van der Waals surface area contributed by atoms with Crippen LogP contribution in [0.1, 0.15) is 24.5 Å². The summed E-state index contributed by atoms with van der Waals surface area (Å²) in [5.74, 6) is -0.188. The lowest BCUT2D eigenvalue weighted by atomic mass is 10.2.